The molecule has 1 heterocycles. The van der Waals surface area contributed by atoms with Crippen LogP contribution in [0.15, 0.2) is 17.2 Å². The molecule has 1 saturated heterocycles. The minimum atomic E-state index is -0.397. The van der Waals surface area contributed by atoms with Crippen molar-refractivity contribution in [3.63, 3.8) is 0 Å². The highest BCUT2D eigenvalue weighted by Crippen LogP contribution is 2.32. The van der Waals surface area contributed by atoms with Crippen LogP contribution in [-0.2, 0) is 9.53 Å². The molecule has 0 radical (unpaired) electrons. The largest absolute Gasteiger partial charge is 0.465 e. The third-order valence-electron chi connectivity index (χ3n) is 3.79. The molecule has 1 aliphatic heterocycles. The Hall–Kier alpha value is -2.53. The minimum absolute atomic E-state index is 0.00941. The molecule has 1 fully saturated rings. The van der Waals surface area contributed by atoms with E-state index in [1.54, 1.807) is 17.0 Å². The van der Waals surface area contributed by atoms with Crippen LogP contribution >= 0.6 is 0 Å². The number of nitrogens with zero attached hydrogens (tertiary/aromatic N) is 4. The summed E-state index contributed by atoms with van der Waals surface area (Å²) in [5.41, 5.74) is 11.4. The number of rotatable bonds is 4. The minimum Gasteiger partial charge on any atom is -0.465 e. The third-order valence-corrected chi connectivity index (χ3v) is 3.79. The Morgan fingerprint density at radius 3 is 2.64 bits per heavy atom. The lowest BCUT2D eigenvalue weighted by molar-refractivity contribution is -0.117. The van der Waals surface area contributed by atoms with E-state index in [2.05, 4.69) is 10.0 Å². The molecular weight excluding hydrogens is 284 g/mol. The highest BCUT2D eigenvalue weighted by atomic mass is 16.5. The van der Waals surface area contributed by atoms with Gasteiger partial charge in [-0.3, -0.25) is 4.79 Å². The number of aryl methyl sites for hydroxylation is 2. The van der Waals surface area contributed by atoms with Gasteiger partial charge in [0, 0.05) is 30.1 Å². The maximum atomic E-state index is 12.2. The van der Waals surface area contributed by atoms with E-state index in [4.69, 9.17) is 10.3 Å². The second kappa shape index (κ2) is 6.49. The van der Waals surface area contributed by atoms with Crippen LogP contribution in [0.25, 0.3) is 10.4 Å². The van der Waals surface area contributed by atoms with Crippen LogP contribution in [-0.4, -0.2) is 32.1 Å². The first-order valence-electron chi connectivity index (χ1n) is 6.98. The van der Waals surface area contributed by atoms with Crippen LogP contribution in [0, 0.1) is 19.8 Å². The number of hydrogen-bond donors (Lipinski definition) is 0. The molecule has 1 aromatic carbocycles. The SMILES string of the molecule is COC(=O)c1cc(C)c(N2CC(CN=[N+]=[N-])CC2=O)c(C)c1. The number of methoxy groups -OCH3 is 1. The molecule has 0 spiro atoms. The van der Waals surface area contributed by atoms with Gasteiger partial charge in [0.1, 0.15) is 0 Å². The summed E-state index contributed by atoms with van der Waals surface area (Å²) in [6, 6.07) is 3.45. The molecule has 1 aromatic rings. The summed E-state index contributed by atoms with van der Waals surface area (Å²) in [5.74, 6) is -0.357. The molecule has 1 aliphatic rings. The molecule has 7 nitrogen and oxygen atoms in total. The fourth-order valence-corrected chi connectivity index (χ4v) is 2.89. The van der Waals surface area contributed by atoms with Crippen molar-refractivity contribution in [3.8, 4) is 0 Å². The van der Waals surface area contributed by atoms with Crippen molar-refractivity contribution in [2.24, 2.45) is 11.0 Å². The smallest absolute Gasteiger partial charge is 0.337 e. The molecule has 2 rings (SSSR count). The summed E-state index contributed by atoms with van der Waals surface area (Å²) < 4.78 is 4.73. The molecule has 0 aliphatic carbocycles. The summed E-state index contributed by atoms with van der Waals surface area (Å²) in [6.45, 7) is 4.57. The zero-order chi connectivity index (χ0) is 16.3. The van der Waals surface area contributed by atoms with Crippen LogP contribution in [0.3, 0.4) is 0 Å². The van der Waals surface area contributed by atoms with Crippen LogP contribution in [0.5, 0.6) is 0 Å². The van der Waals surface area contributed by atoms with Gasteiger partial charge in [-0.05, 0) is 48.6 Å². The molecule has 22 heavy (non-hydrogen) atoms. The van der Waals surface area contributed by atoms with Gasteiger partial charge < -0.3 is 9.64 Å². The number of azide groups is 1. The normalized spacial score (nSPS) is 17.3. The molecule has 7 heteroatoms. The van der Waals surface area contributed by atoms with E-state index < -0.39 is 5.97 Å². The maximum Gasteiger partial charge on any atom is 0.337 e. The molecule has 1 amide bonds. The van der Waals surface area contributed by atoms with Gasteiger partial charge in [-0.25, -0.2) is 4.79 Å². The van der Waals surface area contributed by atoms with Gasteiger partial charge in [0.15, 0.2) is 0 Å². The van der Waals surface area contributed by atoms with Crippen LogP contribution in [0.4, 0.5) is 5.69 Å². The first-order chi connectivity index (χ1) is 10.5. The molecule has 0 aromatic heterocycles. The number of carbonyl (C=O) groups excluding carboxylic acids is 2. The van der Waals surface area contributed by atoms with E-state index >= 15 is 0 Å². The number of hydrogen-bond acceptors (Lipinski definition) is 4. The quantitative estimate of drug-likeness (QED) is 0.370. The molecule has 1 atom stereocenters. The predicted octanol–water partition coefficient (Wildman–Crippen LogP) is 2.75. The van der Waals surface area contributed by atoms with Gasteiger partial charge in [0.25, 0.3) is 0 Å². The number of carbonyl (C=O) groups is 2. The Kier molecular flexibility index (Phi) is 4.68. The Balaban J connectivity index is 2.31. The summed E-state index contributed by atoms with van der Waals surface area (Å²) in [5, 5.41) is 3.55. The maximum absolute atomic E-state index is 12.2. The van der Waals surface area contributed by atoms with Gasteiger partial charge in [-0.1, -0.05) is 5.11 Å². The topological polar surface area (TPSA) is 95.4 Å². The summed E-state index contributed by atoms with van der Waals surface area (Å²) >= 11 is 0. The molecular formula is C15H18N4O3. The average Bonchev–Trinajstić information content (AvgIpc) is 2.84. The van der Waals surface area contributed by atoms with Crippen molar-refractivity contribution in [1.82, 2.24) is 0 Å². The molecule has 0 bridgehead atoms. The van der Waals surface area contributed by atoms with Gasteiger partial charge in [-0.15, -0.1) is 0 Å². The van der Waals surface area contributed by atoms with Crippen molar-refractivity contribution in [3.05, 3.63) is 39.3 Å². The lowest BCUT2D eigenvalue weighted by atomic mass is 10.0. The number of ether oxygens (including phenoxy) is 1. The Morgan fingerprint density at radius 1 is 1.45 bits per heavy atom. The summed E-state index contributed by atoms with van der Waals surface area (Å²) in [6.07, 6.45) is 0.372. The zero-order valence-electron chi connectivity index (χ0n) is 12.9. The van der Waals surface area contributed by atoms with E-state index in [1.807, 2.05) is 13.8 Å². The number of anilines is 1. The van der Waals surface area contributed by atoms with E-state index in [0.717, 1.165) is 16.8 Å². The Labute approximate surface area is 128 Å². The second-order valence-corrected chi connectivity index (χ2v) is 5.44. The zero-order valence-corrected chi connectivity index (χ0v) is 12.9. The predicted molar refractivity (Wildman–Crippen MR) is 81.7 cm³/mol. The lowest BCUT2D eigenvalue weighted by Crippen LogP contribution is -2.26. The van der Waals surface area contributed by atoms with E-state index in [1.165, 1.54) is 7.11 Å². The van der Waals surface area contributed by atoms with Gasteiger partial charge in [0.2, 0.25) is 5.91 Å². The van der Waals surface area contributed by atoms with Gasteiger partial charge >= 0.3 is 5.97 Å². The molecule has 116 valence electrons. The third kappa shape index (κ3) is 3.04. The van der Waals surface area contributed by atoms with Crippen molar-refractivity contribution >= 4 is 17.6 Å². The highest BCUT2D eigenvalue weighted by molar-refractivity contribution is 5.98. The van der Waals surface area contributed by atoms with Crippen molar-refractivity contribution < 1.29 is 14.3 Å². The fraction of sp³-hybridized carbons (Fsp3) is 0.467. The summed E-state index contributed by atoms with van der Waals surface area (Å²) in [7, 11) is 1.34. The van der Waals surface area contributed by atoms with Crippen LogP contribution in [0.2, 0.25) is 0 Å². The van der Waals surface area contributed by atoms with E-state index in [-0.39, 0.29) is 11.8 Å². The summed E-state index contributed by atoms with van der Waals surface area (Å²) in [4.78, 5) is 28.3. The van der Waals surface area contributed by atoms with Crippen LogP contribution in [0.1, 0.15) is 27.9 Å². The van der Waals surface area contributed by atoms with Crippen molar-refractivity contribution in [2.75, 3.05) is 25.1 Å². The first-order valence-corrected chi connectivity index (χ1v) is 6.98. The van der Waals surface area contributed by atoms with E-state index in [9.17, 15) is 9.59 Å². The monoisotopic (exact) mass is 302 g/mol. The number of amides is 1. The fourth-order valence-electron chi connectivity index (χ4n) is 2.89. The lowest BCUT2D eigenvalue weighted by Gasteiger charge is -2.22. The van der Waals surface area contributed by atoms with E-state index in [0.29, 0.717) is 25.1 Å². The average molecular weight is 302 g/mol. The van der Waals surface area contributed by atoms with Gasteiger partial charge in [-0.2, -0.15) is 0 Å². The number of esters is 1. The molecule has 0 N–H and O–H groups in total. The standard InChI is InChI=1S/C15H18N4O3/c1-9-4-12(15(21)22-3)5-10(2)14(9)19-8-11(6-13(19)20)7-17-18-16/h4-5,11H,6-8H2,1-3H3. The molecule has 0 saturated carbocycles. The second-order valence-electron chi connectivity index (χ2n) is 5.44. The van der Waals surface area contributed by atoms with Crippen molar-refractivity contribution in [2.45, 2.75) is 20.3 Å². The van der Waals surface area contributed by atoms with Crippen molar-refractivity contribution in [1.29, 1.82) is 0 Å². The highest BCUT2D eigenvalue weighted by Gasteiger charge is 2.32. The Morgan fingerprint density at radius 2 is 2.09 bits per heavy atom. The first kappa shape index (κ1) is 15.9. The van der Waals surface area contributed by atoms with Crippen LogP contribution < -0.4 is 4.90 Å². The Bertz CT molecular complexity index is 642. The van der Waals surface area contributed by atoms with Gasteiger partial charge in [0.05, 0.1) is 12.7 Å². The molecule has 1 unspecified atom stereocenters. The number of benzene rings is 1.